The minimum Gasteiger partial charge on any atom is -0.392 e. The van der Waals surface area contributed by atoms with E-state index in [-0.39, 0.29) is 6.61 Å². The van der Waals surface area contributed by atoms with E-state index in [1.807, 2.05) is 54.3 Å². The minimum atomic E-state index is 0.0564. The Morgan fingerprint density at radius 2 is 1.83 bits per heavy atom. The van der Waals surface area contributed by atoms with E-state index in [1.165, 1.54) is 0 Å². The quantitative estimate of drug-likeness (QED) is 0.527. The summed E-state index contributed by atoms with van der Waals surface area (Å²) >= 11 is 1.58. The minimum absolute atomic E-state index is 0.0564. The van der Waals surface area contributed by atoms with Gasteiger partial charge in [0.05, 0.1) is 6.61 Å². The van der Waals surface area contributed by atoms with Gasteiger partial charge in [-0.15, -0.1) is 0 Å². The zero-order valence-corrected chi connectivity index (χ0v) is 15.5. The lowest BCUT2D eigenvalue weighted by atomic mass is 10.0. The molecule has 0 saturated carbocycles. The first kappa shape index (κ1) is 17.0. The molecule has 1 unspecified atom stereocenters. The highest BCUT2D eigenvalue weighted by molar-refractivity contribution is 8.04. The molecule has 0 radical (unpaired) electrons. The molecular formula is C18H19N2O2PS. The molecule has 0 saturated heterocycles. The summed E-state index contributed by atoms with van der Waals surface area (Å²) in [6, 6.07) is 16.2. The zero-order chi connectivity index (χ0) is 17.1. The second-order valence-electron chi connectivity index (χ2n) is 5.46. The van der Waals surface area contributed by atoms with Crippen LogP contribution in [-0.4, -0.2) is 10.3 Å². The molecule has 3 aromatic rings. The third kappa shape index (κ3) is 3.48. The van der Waals surface area contributed by atoms with Crippen LogP contribution in [0.3, 0.4) is 0 Å². The van der Waals surface area contributed by atoms with Crippen molar-refractivity contribution in [3.8, 4) is 11.1 Å². The zero-order valence-electron chi connectivity index (χ0n) is 13.6. The normalized spacial score (nSPS) is 10.8. The first-order valence-corrected chi connectivity index (χ1v) is 8.84. The molecule has 2 aromatic carbocycles. The highest BCUT2D eigenvalue weighted by atomic mass is 32.2. The third-order valence-corrected chi connectivity index (χ3v) is 5.36. The maximum Gasteiger partial charge on any atom is 0.188 e. The van der Waals surface area contributed by atoms with Crippen LogP contribution in [0.1, 0.15) is 16.9 Å². The molecule has 0 spiro atoms. The molecule has 1 atom stereocenters. The molecule has 0 aliphatic rings. The van der Waals surface area contributed by atoms with Crippen LogP contribution < -0.4 is 4.08 Å². The lowest BCUT2D eigenvalue weighted by Crippen LogP contribution is -2.00. The summed E-state index contributed by atoms with van der Waals surface area (Å²) < 4.78 is 7.19. The van der Waals surface area contributed by atoms with E-state index in [2.05, 4.69) is 26.7 Å². The van der Waals surface area contributed by atoms with Gasteiger partial charge < -0.3 is 9.63 Å². The molecule has 3 rings (SSSR count). The molecule has 0 fully saturated rings. The number of aliphatic hydroxyl groups excluding tert-OH is 1. The Bertz CT molecular complexity index is 833. The predicted octanol–water partition coefficient (Wildman–Crippen LogP) is 4.75. The van der Waals surface area contributed by atoms with Gasteiger partial charge in [0, 0.05) is 10.5 Å². The van der Waals surface area contributed by atoms with Gasteiger partial charge in [-0.25, -0.2) is 0 Å². The molecule has 4 nitrogen and oxygen atoms in total. The van der Waals surface area contributed by atoms with E-state index in [0.29, 0.717) is 0 Å². The molecule has 124 valence electrons. The Hall–Kier alpha value is -1.81. The smallest absolute Gasteiger partial charge is 0.188 e. The summed E-state index contributed by atoms with van der Waals surface area (Å²) in [6.45, 7) is 3.96. The summed E-state index contributed by atoms with van der Waals surface area (Å²) in [4.78, 5) is 1.12. The van der Waals surface area contributed by atoms with Crippen molar-refractivity contribution in [3.63, 3.8) is 0 Å². The van der Waals surface area contributed by atoms with Crippen molar-refractivity contribution in [1.82, 2.24) is 5.16 Å². The standard InChI is InChI=1S/C18H19N2O2PS/c1-12-13(2)22-19-18(12)20(23)24-17-6-4-3-5-16(17)15-9-7-14(11-21)8-10-15/h3-10,21H,11,23H2,1-2H3. The lowest BCUT2D eigenvalue weighted by molar-refractivity contribution is 0.282. The van der Waals surface area contributed by atoms with Crippen LogP contribution in [0.5, 0.6) is 0 Å². The first-order valence-electron chi connectivity index (χ1n) is 7.55. The van der Waals surface area contributed by atoms with E-state index in [0.717, 1.165) is 38.7 Å². The summed E-state index contributed by atoms with van der Waals surface area (Å²) in [6.07, 6.45) is 0. The fraction of sp³-hybridized carbons (Fsp3) is 0.167. The van der Waals surface area contributed by atoms with Crippen molar-refractivity contribution >= 4 is 27.2 Å². The maximum absolute atomic E-state index is 9.20. The molecule has 0 amide bonds. The number of rotatable bonds is 5. The second-order valence-corrected chi connectivity index (χ2v) is 7.36. The average molecular weight is 358 g/mol. The summed E-state index contributed by atoms with van der Waals surface area (Å²) in [5.74, 6) is 1.62. The van der Waals surface area contributed by atoms with E-state index < -0.39 is 0 Å². The number of aromatic nitrogens is 1. The Kier molecular flexibility index (Phi) is 5.24. The molecule has 1 heterocycles. The van der Waals surface area contributed by atoms with Crippen molar-refractivity contribution in [2.75, 3.05) is 4.08 Å². The molecule has 1 N–H and O–H groups in total. The highest BCUT2D eigenvalue weighted by Crippen LogP contribution is 2.39. The van der Waals surface area contributed by atoms with Gasteiger partial charge in [0.1, 0.15) is 5.76 Å². The van der Waals surface area contributed by atoms with Crippen molar-refractivity contribution in [3.05, 3.63) is 65.4 Å². The largest absolute Gasteiger partial charge is 0.392 e. The van der Waals surface area contributed by atoms with Gasteiger partial charge in [-0.2, -0.15) is 0 Å². The van der Waals surface area contributed by atoms with Gasteiger partial charge in [-0.1, -0.05) is 47.6 Å². The molecule has 1 aromatic heterocycles. The third-order valence-electron chi connectivity index (χ3n) is 3.87. The van der Waals surface area contributed by atoms with Crippen LogP contribution >= 0.6 is 21.3 Å². The van der Waals surface area contributed by atoms with Crippen molar-refractivity contribution < 1.29 is 9.63 Å². The molecule has 0 aliphatic carbocycles. The fourth-order valence-electron chi connectivity index (χ4n) is 2.34. The monoisotopic (exact) mass is 358 g/mol. The van der Waals surface area contributed by atoms with Gasteiger partial charge in [0.25, 0.3) is 0 Å². The number of aliphatic hydroxyl groups is 1. The number of hydrogen-bond donors (Lipinski definition) is 1. The Morgan fingerprint density at radius 3 is 2.46 bits per heavy atom. The van der Waals surface area contributed by atoms with Gasteiger partial charge in [0.2, 0.25) is 0 Å². The van der Waals surface area contributed by atoms with Crippen LogP contribution in [0, 0.1) is 13.8 Å². The van der Waals surface area contributed by atoms with Crippen molar-refractivity contribution in [1.29, 1.82) is 0 Å². The second kappa shape index (κ2) is 7.39. The molecule has 6 heteroatoms. The summed E-state index contributed by atoms with van der Waals surface area (Å²) in [5.41, 5.74) is 4.19. The Morgan fingerprint density at radius 1 is 1.12 bits per heavy atom. The first-order chi connectivity index (χ1) is 11.6. The number of hydrogen-bond acceptors (Lipinski definition) is 5. The highest BCUT2D eigenvalue weighted by Gasteiger charge is 2.16. The van der Waals surface area contributed by atoms with Crippen molar-refractivity contribution in [2.45, 2.75) is 25.3 Å². The average Bonchev–Trinajstić information content (AvgIpc) is 2.95. The molecule has 0 bridgehead atoms. The van der Waals surface area contributed by atoms with Crippen LogP contribution in [0.25, 0.3) is 11.1 Å². The van der Waals surface area contributed by atoms with E-state index in [4.69, 9.17) is 4.52 Å². The maximum atomic E-state index is 9.20. The Balaban J connectivity index is 1.90. The SMILES string of the molecule is Cc1onc(N(P)Sc2ccccc2-c2ccc(CO)cc2)c1C. The number of anilines is 1. The number of benzene rings is 2. The number of aryl methyl sites for hydroxylation is 1. The van der Waals surface area contributed by atoms with Gasteiger partial charge in [-0.05, 0) is 57.9 Å². The van der Waals surface area contributed by atoms with Crippen LogP contribution in [0.15, 0.2) is 57.9 Å². The summed E-state index contributed by atoms with van der Waals surface area (Å²) in [5, 5.41) is 13.3. The van der Waals surface area contributed by atoms with E-state index >= 15 is 0 Å². The van der Waals surface area contributed by atoms with Crippen molar-refractivity contribution in [2.24, 2.45) is 0 Å². The van der Waals surface area contributed by atoms with Gasteiger partial charge in [-0.3, -0.25) is 4.08 Å². The lowest BCUT2D eigenvalue weighted by Gasteiger charge is -2.17. The van der Waals surface area contributed by atoms with Gasteiger partial charge in [0.15, 0.2) is 5.82 Å². The number of nitrogens with zero attached hydrogens (tertiary/aromatic N) is 2. The van der Waals surface area contributed by atoms with Gasteiger partial charge >= 0.3 is 0 Å². The van der Waals surface area contributed by atoms with Crippen LogP contribution in [0.4, 0.5) is 5.82 Å². The van der Waals surface area contributed by atoms with Crippen LogP contribution in [-0.2, 0) is 6.61 Å². The van der Waals surface area contributed by atoms with Crippen LogP contribution in [0.2, 0.25) is 0 Å². The molecular weight excluding hydrogens is 339 g/mol. The molecule has 24 heavy (non-hydrogen) atoms. The predicted molar refractivity (Wildman–Crippen MR) is 102 cm³/mol. The topological polar surface area (TPSA) is 49.5 Å². The van der Waals surface area contributed by atoms with E-state index in [1.54, 1.807) is 11.9 Å². The Labute approximate surface area is 148 Å². The fourth-order valence-corrected chi connectivity index (χ4v) is 3.81. The summed E-state index contributed by atoms with van der Waals surface area (Å²) in [7, 11) is 2.68. The molecule has 0 aliphatic heterocycles. The van der Waals surface area contributed by atoms with E-state index in [9.17, 15) is 5.11 Å².